The first-order chi connectivity index (χ1) is 12.3. The molecule has 140 valence electrons. The number of hydrogen-bond donors (Lipinski definition) is 2. The molecule has 2 aliphatic heterocycles. The van der Waals surface area contributed by atoms with Gasteiger partial charge in [0.25, 0.3) is 0 Å². The Morgan fingerprint density at radius 1 is 1.40 bits per heavy atom. The number of nitrogens with zero attached hydrogens (tertiary/aromatic N) is 4. The van der Waals surface area contributed by atoms with Gasteiger partial charge in [-0.25, -0.2) is 9.67 Å². The molecule has 25 heavy (non-hydrogen) atoms. The molecule has 1 unspecified atom stereocenters. The van der Waals surface area contributed by atoms with Gasteiger partial charge in [0.15, 0.2) is 5.96 Å². The van der Waals surface area contributed by atoms with Gasteiger partial charge in [0.05, 0.1) is 12.6 Å². The summed E-state index contributed by atoms with van der Waals surface area (Å²) in [6, 6.07) is 0.338. The zero-order valence-corrected chi connectivity index (χ0v) is 15.1. The van der Waals surface area contributed by atoms with E-state index < -0.39 is 0 Å². The predicted molar refractivity (Wildman–Crippen MR) is 95.7 cm³/mol. The third-order valence-electron chi connectivity index (χ3n) is 4.58. The van der Waals surface area contributed by atoms with Crippen molar-refractivity contribution < 1.29 is 9.47 Å². The molecule has 2 aliphatic rings. The highest BCUT2D eigenvalue weighted by Crippen LogP contribution is 2.12. The molecule has 0 aliphatic carbocycles. The van der Waals surface area contributed by atoms with Crippen molar-refractivity contribution in [2.45, 2.75) is 57.7 Å². The molecule has 3 heterocycles. The van der Waals surface area contributed by atoms with Crippen LogP contribution in [0.15, 0.2) is 11.3 Å². The Labute approximate surface area is 149 Å². The first kappa shape index (κ1) is 18.1. The topological polar surface area (TPSA) is 85.6 Å². The second kappa shape index (κ2) is 9.72. The highest BCUT2D eigenvalue weighted by molar-refractivity contribution is 5.80. The molecular weight excluding hydrogens is 320 g/mol. The lowest BCUT2D eigenvalue weighted by molar-refractivity contribution is -0.0318. The van der Waals surface area contributed by atoms with E-state index in [0.717, 1.165) is 83.3 Å². The van der Waals surface area contributed by atoms with Crippen LogP contribution in [0.2, 0.25) is 0 Å². The summed E-state index contributed by atoms with van der Waals surface area (Å²) in [6.45, 7) is 6.96. The second-order valence-electron chi connectivity index (χ2n) is 6.54. The summed E-state index contributed by atoms with van der Waals surface area (Å²) in [5.74, 6) is 1.95. The molecule has 1 aromatic rings. The zero-order chi connectivity index (χ0) is 17.3. The summed E-state index contributed by atoms with van der Waals surface area (Å²) in [6.07, 6.45) is 6.97. The highest BCUT2D eigenvalue weighted by Gasteiger charge is 2.20. The van der Waals surface area contributed by atoms with Crippen LogP contribution in [0, 0.1) is 0 Å². The highest BCUT2D eigenvalue weighted by atomic mass is 16.5. The number of aromatic nitrogens is 3. The van der Waals surface area contributed by atoms with Gasteiger partial charge in [0, 0.05) is 45.4 Å². The normalized spacial score (nSPS) is 21.8. The van der Waals surface area contributed by atoms with Crippen LogP contribution in [0.3, 0.4) is 0 Å². The number of aryl methyl sites for hydroxylation is 1. The minimum atomic E-state index is 0.338. The van der Waals surface area contributed by atoms with Crippen molar-refractivity contribution in [3.63, 3.8) is 0 Å². The van der Waals surface area contributed by atoms with Crippen LogP contribution in [0.4, 0.5) is 0 Å². The molecule has 0 amide bonds. The van der Waals surface area contributed by atoms with E-state index in [9.17, 15) is 0 Å². The molecular formula is C17H30N6O2. The van der Waals surface area contributed by atoms with Gasteiger partial charge >= 0.3 is 0 Å². The average molecular weight is 350 g/mol. The molecule has 8 nitrogen and oxygen atoms in total. The molecule has 2 N–H and O–H groups in total. The van der Waals surface area contributed by atoms with E-state index in [-0.39, 0.29) is 0 Å². The van der Waals surface area contributed by atoms with Crippen molar-refractivity contribution in [2.75, 3.05) is 32.9 Å². The fourth-order valence-electron chi connectivity index (χ4n) is 3.22. The minimum absolute atomic E-state index is 0.338. The van der Waals surface area contributed by atoms with Gasteiger partial charge in [-0.1, -0.05) is 0 Å². The van der Waals surface area contributed by atoms with E-state index in [1.54, 1.807) is 6.33 Å². The van der Waals surface area contributed by atoms with Crippen LogP contribution in [-0.4, -0.2) is 65.8 Å². The van der Waals surface area contributed by atoms with E-state index in [1.165, 1.54) is 0 Å². The van der Waals surface area contributed by atoms with Crippen molar-refractivity contribution in [3.8, 4) is 0 Å². The van der Waals surface area contributed by atoms with E-state index >= 15 is 0 Å². The van der Waals surface area contributed by atoms with Crippen LogP contribution in [0.1, 0.15) is 38.4 Å². The van der Waals surface area contributed by atoms with Gasteiger partial charge in [-0.3, -0.25) is 4.99 Å². The maximum atomic E-state index is 5.90. The van der Waals surface area contributed by atoms with Crippen molar-refractivity contribution >= 4 is 5.96 Å². The van der Waals surface area contributed by atoms with E-state index in [0.29, 0.717) is 12.1 Å². The van der Waals surface area contributed by atoms with Crippen molar-refractivity contribution in [1.82, 2.24) is 25.4 Å². The van der Waals surface area contributed by atoms with Crippen LogP contribution >= 0.6 is 0 Å². The number of hydrogen-bond acceptors (Lipinski definition) is 5. The van der Waals surface area contributed by atoms with Gasteiger partial charge in [-0.2, -0.15) is 5.10 Å². The van der Waals surface area contributed by atoms with Crippen LogP contribution < -0.4 is 10.6 Å². The summed E-state index contributed by atoms with van der Waals surface area (Å²) in [5.41, 5.74) is 0. The standard InChI is InChI=1S/C17H30N6O2/c1-2-18-17(19-8-3-9-25-15-6-10-24-11-7-15)22-14-4-5-16-20-13-21-23(16)12-14/h13-15H,2-12H2,1H3,(H2,18,19,22). The quantitative estimate of drug-likeness (QED) is 0.428. The fourth-order valence-corrected chi connectivity index (χ4v) is 3.22. The number of aliphatic imine (C=N–C) groups is 1. The monoisotopic (exact) mass is 350 g/mol. The third-order valence-corrected chi connectivity index (χ3v) is 4.58. The number of fused-ring (bicyclic) bond motifs is 1. The Hall–Kier alpha value is -1.67. The molecule has 0 spiro atoms. The fraction of sp³-hybridized carbons (Fsp3) is 0.824. The Kier molecular flexibility index (Phi) is 7.05. The number of guanidine groups is 1. The zero-order valence-electron chi connectivity index (χ0n) is 15.1. The lowest BCUT2D eigenvalue weighted by Gasteiger charge is -2.25. The third kappa shape index (κ3) is 5.67. The maximum Gasteiger partial charge on any atom is 0.191 e. The first-order valence-electron chi connectivity index (χ1n) is 9.46. The SMILES string of the molecule is CCNC(=NCCCOC1CCOCC1)NC1CCc2ncnn2C1. The van der Waals surface area contributed by atoms with Gasteiger partial charge in [-0.05, 0) is 32.6 Å². The van der Waals surface area contributed by atoms with Gasteiger partial charge < -0.3 is 20.1 Å². The molecule has 1 aromatic heterocycles. The van der Waals surface area contributed by atoms with Crippen LogP contribution in [0.25, 0.3) is 0 Å². The summed E-state index contributed by atoms with van der Waals surface area (Å²) < 4.78 is 13.2. The Balaban J connectivity index is 1.38. The largest absolute Gasteiger partial charge is 0.381 e. The van der Waals surface area contributed by atoms with Gasteiger partial charge in [0.1, 0.15) is 12.2 Å². The second-order valence-corrected chi connectivity index (χ2v) is 6.54. The van der Waals surface area contributed by atoms with Crippen molar-refractivity contribution in [2.24, 2.45) is 4.99 Å². The van der Waals surface area contributed by atoms with Crippen molar-refractivity contribution in [1.29, 1.82) is 0 Å². The van der Waals surface area contributed by atoms with Gasteiger partial charge in [0.2, 0.25) is 0 Å². The van der Waals surface area contributed by atoms with Crippen molar-refractivity contribution in [3.05, 3.63) is 12.2 Å². The maximum absolute atomic E-state index is 5.90. The summed E-state index contributed by atoms with van der Waals surface area (Å²) in [7, 11) is 0. The number of ether oxygens (including phenoxy) is 2. The van der Waals surface area contributed by atoms with E-state index in [2.05, 4.69) is 32.6 Å². The smallest absolute Gasteiger partial charge is 0.191 e. The molecule has 0 saturated carbocycles. The molecule has 8 heteroatoms. The molecule has 1 fully saturated rings. The molecule has 3 rings (SSSR count). The lowest BCUT2D eigenvalue weighted by atomic mass is 10.1. The molecule has 0 radical (unpaired) electrons. The molecule has 1 atom stereocenters. The summed E-state index contributed by atoms with van der Waals surface area (Å²) in [4.78, 5) is 8.95. The first-order valence-corrected chi connectivity index (χ1v) is 9.46. The number of rotatable bonds is 7. The molecule has 0 aromatic carbocycles. The van der Waals surface area contributed by atoms with Gasteiger partial charge in [-0.15, -0.1) is 0 Å². The Morgan fingerprint density at radius 2 is 2.28 bits per heavy atom. The lowest BCUT2D eigenvalue weighted by Crippen LogP contribution is -2.47. The van der Waals surface area contributed by atoms with E-state index in [4.69, 9.17) is 9.47 Å². The Bertz CT molecular complexity index is 541. The summed E-state index contributed by atoms with van der Waals surface area (Å²) >= 11 is 0. The minimum Gasteiger partial charge on any atom is -0.381 e. The summed E-state index contributed by atoms with van der Waals surface area (Å²) in [5, 5.41) is 11.1. The Morgan fingerprint density at radius 3 is 3.12 bits per heavy atom. The number of nitrogens with one attached hydrogen (secondary N) is 2. The van der Waals surface area contributed by atoms with Crippen LogP contribution in [0.5, 0.6) is 0 Å². The molecule has 1 saturated heterocycles. The van der Waals surface area contributed by atoms with E-state index in [1.807, 2.05) is 4.68 Å². The molecule has 0 bridgehead atoms. The van der Waals surface area contributed by atoms with Crippen LogP contribution in [-0.2, 0) is 22.4 Å². The average Bonchev–Trinajstić information content (AvgIpc) is 3.10. The predicted octanol–water partition coefficient (Wildman–Crippen LogP) is 0.734.